The van der Waals surface area contributed by atoms with Crippen molar-refractivity contribution in [1.82, 2.24) is 0 Å². The van der Waals surface area contributed by atoms with E-state index in [-0.39, 0.29) is 6.47 Å². The molecule has 1 aromatic rings. The predicted octanol–water partition coefficient (Wildman–Crippen LogP) is 2.25. The van der Waals surface area contributed by atoms with Gasteiger partial charge in [0.2, 0.25) is 6.29 Å². The number of esters is 1. The number of carbonyl (C=O) groups excluding carboxylic acids is 2. The zero-order chi connectivity index (χ0) is 19.8. The van der Waals surface area contributed by atoms with Gasteiger partial charge in [-0.15, -0.1) is 0 Å². The fourth-order valence-corrected chi connectivity index (χ4v) is 1.98. The van der Waals surface area contributed by atoms with Crippen LogP contribution in [0.4, 0.5) is 0 Å². The van der Waals surface area contributed by atoms with E-state index in [1.807, 2.05) is 20.8 Å². The molecule has 0 heterocycles. The molecule has 148 valence electrons. The van der Waals surface area contributed by atoms with Crippen molar-refractivity contribution in [3.8, 4) is 0 Å². The molecule has 7 nitrogen and oxygen atoms in total. The summed E-state index contributed by atoms with van der Waals surface area (Å²) < 4.78 is 14.3. The molecule has 1 aromatic carbocycles. The second-order valence-corrected chi connectivity index (χ2v) is 5.30. The van der Waals surface area contributed by atoms with Crippen LogP contribution in [-0.2, 0) is 19.0 Å². The summed E-state index contributed by atoms with van der Waals surface area (Å²) in [6.07, 6.45) is 0.319. The van der Waals surface area contributed by atoms with Crippen LogP contribution in [0.3, 0.4) is 0 Å². The summed E-state index contributed by atoms with van der Waals surface area (Å²) in [6.45, 7) is 7.77. The quantitative estimate of drug-likeness (QED) is 0.266. The molecule has 0 spiro atoms. The molecule has 0 aliphatic heterocycles. The molecule has 0 amide bonds. The van der Waals surface area contributed by atoms with Crippen LogP contribution in [-0.4, -0.2) is 55.4 Å². The molecule has 2 atom stereocenters. The Balaban J connectivity index is 0.00000110. The van der Waals surface area contributed by atoms with E-state index in [2.05, 4.69) is 4.74 Å². The molecule has 0 saturated heterocycles. The number of aliphatic hydroxyl groups excluding tert-OH is 2. The first-order chi connectivity index (χ1) is 12.5. The number of carbonyl (C=O) groups is 2. The van der Waals surface area contributed by atoms with E-state index in [0.29, 0.717) is 17.7 Å². The van der Waals surface area contributed by atoms with Crippen LogP contribution in [0.5, 0.6) is 0 Å². The molecule has 0 fully saturated rings. The Morgan fingerprint density at radius 1 is 1.15 bits per heavy atom. The molecular weight excluding hydrogens is 340 g/mol. The lowest BCUT2D eigenvalue weighted by atomic mass is 9.98. The van der Waals surface area contributed by atoms with Crippen molar-refractivity contribution in [3.63, 3.8) is 0 Å². The van der Waals surface area contributed by atoms with Crippen molar-refractivity contribution in [2.75, 3.05) is 26.4 Å². The van der Waals surface area contributed by atoms with Gasteiger partial charge in [0, 0.05) is 13.2 Å². The Morgan fingerprint density at radius 2 is 1.77 bits per heavy atom. The molecule has 0 aliphatic carbocycles. The maximum absolute atomic E-state index is 11.7. The van der Waals surface area contributed by atoms with Crippen LogP contribution in [0.25, 0.3) is 0 Å². The van der Waals surface area contributed by atoms with Crippen LogP contribution in [0.1, 0.15) is 55.5 Å². The highest BCUT2D eigenvalue weighted by Gasteiger charge is 2.22. The van der Waals surface area contributed by atoms with Gasteiger partial charge in [-0.1, -0.05) is 25.5 Å². The van der Waals surface area contributed by atoms with Crippen LogP contribution < -0.4 is 0 Å². The minimum atomic E-state index is -1.44. The average molecular weight is 370 g/mol. The Labute approximate surface area is 154 Å². The summed E-state index contributed by atoms with van der Waals surface area (Å²) in [6, 6.07) is 6.24. The lowest BCUT2D eigenvalue weighted by Gasteiger charge is -2.19. The standard InChI is InChI=1S/C15H20O6.C4H10O/c1-2-3-8-20-14(18)12-6-4-11(5-7-12)13(9-16)15(19)21-10-17;1-3-5-4-2/h4-7,10,13,15-16,19H,2-3,8-9H2,1H3;3-4H2,1-2H3. The highest BCUT2D eigenvalue weighted by molar-refractivity contribution is 5.89. The van der Waals surface area contributed by atoms with Crippen molar-refractivity contribution in [3.05, 3.63) is 35.4 Å². The lowest BCUT2D eigenvalue weighted by molar-refractivity contribution is -0.157. The van der Waals surface area contributed by atoms with Gasteiger partial charge in [-0.05, 0) is 38.0 Å². The fourth-order valence-electron chi connectivity index (χ4n) is 1.98. The van der Waals surface area contributed by atoms with Crippen LogP contribution >= 0.6 is 0 Å². The van der Waals surface area contributed by atoms with E-state index in [4.69, 9.17) is 9.47 Å². The molecule has 2 unspecified atom stereocenters. The second-order valence-electron chi connectivity index (χ2n) is 5.30. The first kappa shape index (κ1) is 24.0. The zero-order valence-corrected chi connectivity index (χ0v) is 15.7. The van der Waals surface area contributed by atoms with E-state index in [1.165, 1.54) is 0 Å². The fraction of sp³-hybridized carbons (Fsp3) is 0.579. The van der Waals surface area contributed by atoms with Gasteiger partial charge >= 0.3 is 5.97 Å². The number of hydrogen-bond donors (Lipinski definition) is 2. The number of aliphatic hydroxyl groups is 2. The minimum absolute atomic E-state index is 0.118. The third kappa shape index (κ3) is 9.50. The first-order valence-corrected chi connectivity index (χ1v) is 8.78. The maximum atomic E-state index is 11.7. The number of rotatable bonds is 11. The van der Waals surface area contributed by atoms with Gasteiger partial charge < -0.3 is 24.4 Å². The van der Waals surface area contributed by atoms with E-state index < -0.39 is 24.8 Å². The first-order valence-electron chi connectivity index (χ1n) is 8.78. The summed E-state index contributed by atoms with van der Waals surface area (Å²) in [4.78, 5) is 21.9. The number of ether oxygens (including phenoxy) is 3. The Hall–Kier alpha value is -1.96. The molecule has 2 N–H and O–H groups in total. The monoisotopic (exact) mass is 370 g/mol. The third-order valence-electron chi connectivity index (χ3n) is 3.45. The third-order valence-corrected chi connectivity index (χ3v) is 3.45. The largest absolute Gasteiger partial charge is 0.462 e. The van der Waals surface area contributed by atoms with Crippen LogP contribution in [0, 0.1) is 0 Å². The van der Waals surface area contributed by atoms with Crippen molar-refractivity contribution in [1.29, 1.82) is 0 Å². The van der Waals surface area contributed by atoms with E-state index >= 15 is 0 Å². The van der Waals surface area contributed by atoms with Gasteiger partial charge in [0.05, 0.1) is 24.7 Å². The highest BCUT2D eigenvalue weighted by Crippen LogP contribution is 2.20. The van der Waals surface area contributed by atoms with Gasteiger partial charge in [-0.2, -0.15) is 0 Å². The van der Waals surface area contributed by atoms with E-state index in [9.17, 15) is 19.8 Å². The van der Waals surface area contributed by atoms with Crippen molar-refractivity contribution in [2.45, 2.75) is 45.8 Å². The van der Waals surface area contributed by atoms with E-state index in [0.717, 1.165) is 26.1 Å². The van der Waals surface area contributed by atoms with Gasteiger partial charge in [-0.25, -0.2) is 4.79 Å². The van der Waals surface area contributed by atoms with Gasteiger partial charge in [-0.3, -0.25) is 4.79 Å². The molecular formula is C19H30O7. The lowest BCUT2D eigenvalue weighted by Crippen LogP contribution is -2.24. The highest BCUT2D eigenvalue weighted by atomic mass is 16.6. The summed E-state index contributed by atoms with van der Waals surface area (Å²) >= 11 is 0. The van der Waals surface area contributed by atoms with Crippen molar-refractivity contribution in [2.24, 2.45) is 0 Å². The molecule has 26 heavy (non-hydrogen) atoms. The summed E-state index contributed by atoms with van der Waals surface area (Å²) in [7, 11) is 0. The molecule has 0 aliphatic rings. The molecule has 7 heteroatoms. The number of hydrogen-bond acceptors (Lipinski definition) is 7. The summed E-state index contributed by atoms with van der Waals surface area (Å²) in [5.41, 5.74) is 0.939. The zero-order valence-electron chi connectivity index (χ0n) is 15.7. The Morgan fingerprint density at radius 3 is 2.19 bits per heavy atom. The number of unbranched alkanes of at least 4 members (excludes halogenated alkanes) is 1. The average Bonchev–Trinajstić information content (AvgIpc) is 2.64. The number of benzene rings is 1. The molecule has 0 saturated carbocycles. The van der Waals surface area contributed by atoms with Crippen LogP contribution in [0.15, 0.2) is 24.3 Å². The maximum Gasteiger partial charge on any atom is 0.338 e. The summed E-state index contributed by atoms with van der Waals surface area (Å²) in [5, 5.41) is 18.8. The Kier molecular flexibility index (Phi) is 14.2. The van der Waals surface area contributed by atoms with Crippen molar-refractivity contribution >= 4 is 12.4 Å². The molecule has 0 aromatic heterocycles. The van der Waals surface area contributed by atoms with Gasteiger partial charge in [0.1, 0.15) is 0 Å². The smallest absolute Gasteiger partial charge is 0.338 e. The normalized spacial score (nSPS) is 12.3. The topological polar surface area (TPSA) is 102 Å². The molecule has 0 bridgehead atoms. The van der Waals surface area contributed by atoms with Gasteiger partial charge in [0.25, 0.3) is 6.47 Å². The molecule has 0 radical (unpaired) electrons. The SMILES string of the molecule is CCCCOC(=O)c1ccc(C(CO)C(O)OC=O)cc1.CCOCC. The predicted molar refractivity (Wildman–Crippen MR) is 96.8 cm³/mol. The van der Waals surface area contributed by atoms with Crippen LogP contribution in [0.2, 0.25) is 0 Å². The second kappa shape index (κ2) is 15.3. The van der Waals surface area contributed by atoms with Crippen molar-refractivity contribution < 1.29 is 34.0 Å². The summed E-state index contributed by atoms with van der Waals surface area (Å²) in [5.74, 6) is -1.18. The minimum Gasteiger partial charge on any atom is -0.462 e. The van der Waals surface area contributed by atoms with Gasteiger partial charge in [0.15, 0.2) is 0 Å². The van der Waals surface area contributed by atoms with E-state index in [1.54, 1.807) is 24.3 Å². The molecule has 1 rings (SSSR count). The Bertz CT molecular complexity index is 485.